The van der Waals surface area contributed by atoms with Gasteiger partial charge in [-0.3, -0.25) is 24.0 Å². The molecule has 0 aromatic carbocycles. The van der Waals surface area contributed by atoms with Crippen molar-refractivity contribution >= 4 is 29.5 Å². The second-order valence-electron chi connectivity index (χ2n) is 17.8. The van der Waals surface area contributed by atoms with E-state index in [1.807, 2.05) is 0 Å². The molecule has 0 aromatic heterocycles. The third kappa shape index (κ3) is 14.4. The van der Waals surface area contributed by atoms with E-state index in [9.17, 15) is 85.3 Å². The maximum atomic E-state index is 12.3. The van der Waals surface area contributed by atoms with Crippen molar-refractivity contribution in [3.63, 3.8) is 0 Å². The minimum atomic E-state index is -1.89. The first-order chi connectivity index (χ1) is 33.3. The lowest BCUT2D eigenvalue weighted by Crippen LogP contribution is -2.68. The first kappa shape index (κ1) is 58.4. The number of hydrogen-bond donors (Lipinski definition) is 17. The SMILES string of the molecule is CC(=O)N[C@@H]1[C@@H](O)[C@H](O)[C@@H](CO[C@@H]2O[C@H](CO[C@@H]3O[C@H](CO[C@@H]4O[C@H](CO[C@@H]5O[C@H](CO)[C@@H](O)[C@H](O)[C@H]5NC(C)=O)[C@@H](O)[C@H](O)[C@H]4NC(C)=O)[C@@H](O)[C@H](O)[C@H]3NC(C)=O)[C@@H](O)[C@H](O)[C@H]2NC(C)=O)O[C@H]1O. The fraction of sp³-hybridized carbons (Fsp3) is 0.875. The average Bonchev–Trinajstić information content (AvgIpc) is 3.29. The van der Waals surface area contributed by atoms with E-state index in [1.165, 1.54) is 0 Å². The van der Waals surface area contributed by atoms with Crippen molar-refractivity contribution in [2.24, 2.45) is 0 Å². The highest BCUT2D eigenvalue weighted by atomic mass is 16.7. The van der Waals surface area contributed by atoms with Gasteiger partial charge in [0.05, 0.1) is 33.0 Å². The largest absolute Gasteiger partial charge is 0.394 e. The number of aliphatic hydroxyl groups is 12. The van der Waals surface area contributed by atoms with Crippen molar-refractivity contribution in [3.05, 3.63) is 0 Å². The van der Waals surface area contributed by atoms with Crippen molar-refractivity contribution in [1.82, 2.24) is 26.6 Å². The number of nitrogens with one attached hydrogen (secondary N) is 5. The van der Waals surface area contributed by atoms with Crippen LogP contribution in [0.1, 0.15) is 34.6 Å². The van der Waals surface area contributed by atoms with Crippen LogP contribution in [-0.4, -0.2) is 277 Å². The molecule has 5 aliphatic heterocycles. The Hall–Kier alpha value is -3.49. The Balaban J connectivity index is 1.29. The summed E-state index contributed by atoms with van der Waals surface area (Å²) in [5.41, 5.74) is 0. The zero-order valence-electron chi connectivity index (χ0n) is 39.1. The van der Waals surface area contributed by atoms with Crippen LogP contribution in [0.2, 0.25) is 0 Å². The molecule has 71 heavy (non-hydrogen) atoms. The van der Waals surface area contributed by atoms with E-state index in [-0.39, 0.29) is 0 Å². The summed E-state index contributed by atoms with van der Waals surface area (Å²) in [6, 6.07) is -7.37. The highest BCUT2D eigenvalue weighted by molar-refractivity contribution is 5.74. The molecule has 0 bridgehead atoms. The smallest absolute Gasteiger partial charge is 0.217 e. The summed E-state index contributed by atoms with van der Waals surface area (Å²) >= 11 is 0. The highest BCUT2D eigenvalue weighted by Crippen LogP contribution is 2.31. The normalized spacial score (nSPS) is 43.9. The molecule has 31 heteroatoms. The van der Waals surface area contributed by atoms with Crippen LogP contribution in [0.25, 0.3) is 0 Å². The molecular weight excluding hydrogens is 966 g/mol. The van der Waals surface area contributed by atoms with Gasteiger partial charge in [0.1, 0.15) is 122 Å². The Morgan fingerprint density at radius 3 is 0.803 bits per heavy atom. The summed E-state index contributed by atoms with van der Waals surface area (Å²) in [5, 5.41) is 141. The summed E-state index contributed by atoms with van der Waals surface area (Å²) in [6.07, 6.45) is -34.0. The zero-order valence-corrected chi connectivity index (χ0v) is 39.1. The topological polar surface area (TPSA) is 471 Å². The lowest BCUT2D eigenvalue weighted by Gasteiger charge is -2.46. The molecule has 0 spiro atoms. The van der Waals surface area contributed by atoms with Crippen molar-refractivity contribution in [2.75, 3.05) is 33.0 Å². The third-order valence-corrected chi connectivity index (χ3v) is 12.3. The minimum absolute atomic E-state index is 0.646. The number of ether oxygens (including phenoxy) is 9. The minimum Gasteiger partial charge on any atom is -0.394 e. The van der Waals surface area contributed by atoms with Gasteiger partial charge in [-0.15, -0.1) is 0 Å². The van der Waals surface area contributed by atoms with Crippen molar-refractivity contribution in [3.8, 4) is 0 Å². The van der Waals surface area contributed by atoms with E-state index < -0.39 is 216 Å². The number of carbonyl (C=O) groups excluding carboxylic acids is 5. The quantitative estimate of drug-likeness (QED) is 0.0606. The van der Waals surface area contributed by atoms with Gasteiger partial charge < -0.3 is 130 Å². The Morgan fingerprint density at radius 2 is 0.549 bits per heavy atom. The molecular formula is C40H67N5O26. The van der Waals surface area contributed by atoms with E-state index in [2.05, 4.69) is 26.6 Å². The molecule has 5 heterocycles. The molecule has 0 unspecified atom stereocenters. The number of hydrogen-bond acceptors (Lipinski definition) is 26. The molecule has 5 saturated heterocycles. The molecule has 0 aliphatic carbocycles. The van der Waals surface area contributed by atoms with Gasteiger partial charge in [-0.05, 0) is 0 Å². The Kier molecular flexibility index (Phi) is 21.1. The first-order valence-corrected chi connectivity index (χ1v) is 22.5. The highest BCUT2D eigenvalue weighted by Gasteiger charge is 2.53. The third-order valence-electron chi connectivity index (χ3n) is 12.3. The van der Waals surface area contributed by atoms with Crippen LogP contribution in [-0.2, 0) is 66.6 Å². The molecule has 408 valence electrons. The summed E-state index contributed by atoms with van der Waals surface area (Å²) < 4.78 is 51.8. The van der Waals surface area contributed by atoms with Crippen LogP contribution in [0.15, 0.2) is 0 Å². The zero-order chi connectivity index (χ0) is 52.8. The maximum Gasteiger partial charge on any atom is 0.217 e. The summed E-state index contributed by atoms with van der Waals surface area (Å²) in [5.74, 6) is -3.46. The average molecular weight is 1030 g/mol. The second kappa shape index (κ2) is 25.6. The van der Waals surface area contributed by atoms with Crippen LogP contribution in [0.3, 0.4) is 0 Å². The standard InChI is InChI=1S/C40H67N5O26/c1-11(47)41-21-31(57)27(53)17(67-36(21)62)7-63-38-23(43-13(3)49)33(59)29(55)19(69-38)9-65-40-25(45-15(5)51)35(61)30(56)20(71-40)10-66-39-24(44-14(4)50)34(60)28(54)18(70-39)8-64-37-22(42-12(2)48)32(58)26(52)16(6-46)68-37/h16-40,46,52-62H,6-10H2,1-5H3,(H,41,47)(H,42,48)(H,43,49)(H,44,50)(H,45,51)/t16-,17-,18-,19-,20-,21-,22-,23-,24-,25-,26-,27-,28-,29-,30-,31-,32-,33-,34-,35-,36-,37-,38-,39-,40-/m1/s1. The second-order valence-corrected chi connectivity index (χ2v) is 17.8. The van der Waals surface area contributed by atoms with Crippen LogP contribution in [0.4, 0.5) is 0 Å². The molecule has 25 atom stereocenters. The predicted octanol–water partition coefficient (Wildman–Crippen LogP) is -11.2. The van der Waals surface area contributed by atoms with Gasteiger partial charge in [-0.1, -0.05) is 0 Å². The van der Waals surface area contributed by atoms with E-state index in [0.717, 1.165) is 34.6 Å². The molecule has 0 aromatic rings. The van der Waals surface area contributed by atoms with Crippen molar-refractivity contribution < 1.29 is 128 Å². The van der Waals surface area contributed by atoms with Crippen LogP contribution in [0, 0.1) is 0 Å². The van der Waals surface area contributed by atoms with Gasteiger partial charge in [-0.2, -0.15) is 0 Å². The van der Waals surface area contributed by atoms with E-state index in [1.54, 1.807) is 0 Å². The number of amides is 5. The first-order valence-electron chi connectivity index (χ1n) is 22.5. The molecule has 0 radical (unpaired) electrons. The van der Waals surface area contributed by atoms with E-state index in [0.29, 0.717) is 0 Å². The van der Waals surface area contributed by atoms with Crippen LogP contribution < -0.4 is 26.6 Å². The fourth-order valence-corrected chi connectivity index (χ4v) is 8.65. The van der Waals surface area contributed by atoms with Gasteiger partial charge in [-0.25, -0.2) is 0 Å². The van der Waals surface area contributed by atoms with Gasteiger partial charge in [0.15, 0.2) is 31.5 Å². The molecule has 31 nitrogen and oxygen atoms in total. The number of carbonyl (C=O) groups is 5. The van der Waals surface area contributed by atoms with Gasteiger partial charge in [0, 0.05) is 34.6 Å². The lowest BCUT2D eigenvalue weighted by molar-refractivity contribution is -0.324. The fourth-order valence-electron chi connectivity index (χ4n) is 8.65. The van der Waals surface area contributed by atoms with Crippen LogP contribution >= 0.6 is 0 Å². The van der Waals surface area contributed by atoms with Gasteiger partial charge in [0.25, 0.3) is 0 Å². The van der Waals surface area contributed by atoms with Gasteiger partial charge in [0.2, 0.25) is 29.5 Å². The predicted molar refractivity (Wildman–Crippen MR) is 225 cm³/mol. The van der Waals surface area contributed by atoms with E-state index >= 15 is 0 Å². The monoisotopic (exact) mass is 1030 g/mol. The summed E-state index contributed by atoms with van der Waals surface area (Å²) in [6.45, 7) is 1.84. The summed E-state index contributed by atoms with van der Waals surface area (Å²) in [4.78, 5) is 60.1. The molecule has 5 amide bonds. The Morgan fingerprint density at radius 1 is 0.338 bits per heavy atom. The van der Waals surface area contributed by atoms with E-state index in [4.69, 9.17) is 42.6 Å². The molecule has 17 N–H and O–H groups in total. The van der Waals surface area contributed by atoms with Crippen molar-refractivity contribution in [1.29, 1.82) is 0 Å². The summed E-state index contributed by atoms with van der Waals surface area (Å²) in [7, 11) is 0. The van der Waals surface area contributed by atoms with Crippen molar-refractivity contribution in [2.45, 2.75) is 188 Å². The number of aliphatic hydroxyl groups excluding tert-OH is 12. The molecule has 0 saturated carbocycles. The number of rotatable bonds is 18. The molecule has 5 fully saturated rings. The van der Waals surface area contributed by atoms with Crippen LogP contribution in [0.5, 0.6) is 0 Å². The lowest BCUT2D eigenvalue weighted by atomic mass is 9.95. The maximum absolute atomic E-state index is 12.3. The molecule has 5 aliphatic rings. The Bertz CT molecular complexity index is 1790. The Labute approximate surface area is 404 Å². The molecule has 5 rings (SSSR count). The van der Waals surface area contributed by atoms with Gasteiger partial charge >= 0.3 is 0 Å².